The minimum atomic E-state index is 0.993. The second-order valence-electron chi connectivity index (χ2n) is 3.15. The van der Waals surface area contributed by atoms with Crippen LogP contribution in [0.25, 0.3) is 0 Å². The summed E-state index contributed by atoms with van der Waals surface area (Å²) < 4.78 is 0.993. The second-order valence-corrected chi connectivity index (χ2v) is 5.23. The van der Waals surface area contributed by atoms with Crippen molar-refractivity contribution in [3.05, 3.63) is 17.0 Å². The van der Waals surface area contributed by atoms with Crippen LogP contribution in [-0.2, 0) is 0 Å². The number of rotatable bonds is 1. The summed E-state index contributed by atoms with van der Waals surface area (Å²) in [4.78, 5) is 10.6. The van der Waals surface area contributed by atoms with Gasteiger partial charge in [0.25, 0.3) is 0 Å². The van der Waals surface area contributed by atoms with Gasteiger partial charge in [-0.2, -0.15) is 11.8 Å². The van der Waals surface area contributed by atoms with Gasteiger partial charge in [0, 0.05) is 25.0 Å². The molecule has 0 spiro atoms. The van der Waals surface area contributed by atoms with Crippen molar-refractivity contribution in [3.63, 3.8) is 0 Å². The van der Waals surface area contributed by atoms with Crippen molar-refractivity contribution in [1.82, 2.24) is 9.97 Å². The van der Waals surface area contributed by atoms with Crippen molar-refractivity contribution in [2.75, 3.05) is 29.5 Å². The fourth-order valence-corrected chi connectivity index (χ4v) is 2.85. The Bertz CT molecular complexity index is 300. The van der Waals surface area contributed by atoms with Crippen LogP contribution in [0.4, 0.5) is 5.82 Å². The molecule has 1 saturated heterocycles. The normalized spacial score (nSPS) is 17.9. The molecule has 0 atom stereocenters. The Morgan fingerprint density at radius 3 is 3.14 bits per heavy atom. The Kier molecular flexibility index (Phi) is 3.64. The van der Waals surface area contributed by atoms with Crippen molar-refractivity contribution in [2.24, 2.45) is 0 Å². The third kappa shape index (κ3) is 2.39. The number of nitrogens with zero attached hydrogens (tertiary/aromatic N) is 3. The van der Waals surface area contributed by atoms with Crippen LogP contribution >= 0.6 is 27.7 Å². The van der Waals surface area contributed by atoms with E-state index >= 15 is 0 Å². The molecule has 1 aromatic rings. The third-order valence-electron chi connectivity index (χ3n) is 2.17. The lowest BCUT2D eigenvalue weighted by Gasteiger charge is -2.21. The summed E-state index contributed by atoms with van der Waals surface area (Å²) >= 11 is 5.50. The summed E-state index contributed by atoms with van der Waals surface area (Å²) in [5.74, 6) is 3.48. The first-order valence-corrected chi connectivity index (χ1v) is 6.61. The molecular formula is C9H12BrN3S. The van der Waals surface area contributed by atoms with Crippen molar-refractivity contribution < 1.29 is 0 Å². The Labute approximate surface area is 96.4 Å². The largest absolute Gasteiger partial charge is 0.355 e. The zero-order valence-corrected chi connectivity index (χ0v) is 10.2. The zero-order chi connectivity index (χ0) is 9.80. The van der Waals surface area contributed by atoms with Crippen LogP contribution in [0.1, 0.15) is 6.42 Å². The van der Waals surface area contributed by atoms with Crippen LogP contribution in [-0.4, -0.2) is 34.6 Å². The molecule has 2 heterocycles. The van der Waals surface area contributed by atoms with Crippen LogP contribution in [0.5, 0.6) is 0 Å². The first-order chi connectivity index (χ1) is 6.88. The van der Waals surface area contributed by atoms with E-state index in [1.54, 1.807) is 12.5 Å². The molecule has 0 aromatic carbocycles. The van der Waals surface area contributed by atoms with E-state index in [1.807, 2.05) is 11.8 Å². The number of hydrogen-bond donors (Lipinski definition) is 0. The van der Waals surface area contributed by atoms with Gasteiger partial charge < -0.3 is 4.90 Å². The van der Waals surface area contributed by atoms with E-state index in [2.05, 4.69) is 30.8 Å². The van der Waals surface area contributed by atoms with Gasteiger partial charge in [0.15, 0.2) is 0 Å². The lowest BCUT2D eigenvalue weighted by Crippen LogP contribution is -2.26. The second kappa shape index (κ2) is 4.98. The maximum absolute atomic E-state index is 4.30. The van der Waals surface area contributed by atoms with E-state index in [9.17, 15) is 0 Å². The summed E-state index contributed by atoms with van der Waals surface area (Å²) in [6, 6.07) is 0. The maximum Gasteiger partial charge on any atom is 0.146 e. The van der Waals surface area contributed by atoms with Gasteiger partial charge in [0.2, 0.25) is 0 Å². The number of hydrogen-bond acceptors (Lipinski definition) is 4. The topological polar surface area (TPSA) is 29.0 Å². The first-order valence-electron chi connectivity index (χ1n) is 4.66. The van der Waals surface area contributed by atoms with Gasteiger partial charge in [-0.3, -0.25) is 0 Å². The van der Waals surface area contributed by atoms with E-state index in [1.165, 1.54) is 17.9 Å². The predicted octanol–water partition coefficient (Wildman–Crippen LogP) is 2.18. The highest BCUT2D eigenvalue weighted by Crippen LogP contribution is 2.24. The number of aromatic nitrogens is 2. The van der Waals surface area contributed by atoms with Crippen LogP contribution in [0.2, 0.25) is 0 Å². The van der Waals surface area contributed by atoms with E-state index < -0.39 is 0 Å². The first kappa shape index (κ1) is 10.2. The fraction of sp³-hybridized carbons (Fsp3) is 0.556. The lowest BCUT2D eigenvalue weighted by molar-refractivity contribution is 0.795. The molecule has 0 unspecified atom stereocenters. The molecule has 5 heteroatoms. The van der Waals surface area contributed by atoms with Crippen LogP contribution in [0.3, 0.4) is 0 Å². The SMILES string of the molecule is Brc1cncnc1N1CCCSCC1. The molecule has 1 aromatic heterocycles. The Morgan fingerprint density at radius 1 is 1.36 bits per heavy atom. The molecular weight excluding hydrogens is 262 g/mol. The fourth-order valence-electron chi connectivity index (χ4n) is 1.50. The monoisotopic (exact) mass is 273 g/mol. The van der Waals surface area contributed by atoms with Crippen molar-refractivity contribution >= 4 is 33.5 Å². The minimum absolute atomic E-state index is 0.993. The molecule has 0 radical (unpaired) electrons. The quantitative estimate of drug-likeness (QED) is 0.785. The molecule has 14 heavy (non-hydrogen) atoms. The average Bonchev–Trinajstić information content (AvgIpc) is 2.47. The summed E-state index contributed by atoms with van der Waals surface area (Å²) in [5, 5.41) is 0. The number of halogens is 1. The molecule has 3 nitrogen and oxygen atoms in total. The highest BCUT2D eigenvalue weighted by atomic mass is 79.9. The van der Waals surface area contributed by atoms with Crippen LogP contribution < -0.4 is 4.90 Å². The molecule has 1 aliphatic heterocycles. The maximum atomic E-state index is 4.30. The van der Waals surface area contributed by atoms with Gasteiger partial charge in [-0.1, -0.05) is 0 Å². The van der Waals surface area contributed by atoms with Crippen molar-refractivity contribution in [3.8, 4) is 0 Å². The lowest BCUT2D eigenvalue weighted by atomic mass is 10.4. The van der Waals surface area contributed by atoms with E-state index in [0.717, 1.165) is 23.4 Å². The van der Waals surface area contributed by atoms with Crippen LogP contribution in [0.15, 0.2) is 17.0 Å². The van der Waals surface area contributed by atoms with Gasteiger partial charge >= 0.3 is 0 Å². The molecule has 76 valence electrons. The molecule has 2 rings (SSSR count). The van der Waals surface area contributed by atoms with E-state index in [4.69, 9.17) is 0 Å². The van der Waals surface area contributed by atoms with Crippen molar-refractivity contribution in [2.45, 2.75) is 6.42 Å². The number of thioether (sulfide) groups is 1. The van der Waals surface area contributed by atoms with E-state index in [-0.39, 0.29) is 0 Å². The summed E-state index contributed by atoms with van der Waals surface area (Å²) in [6.45, 7) is 2.18. The third-order valence-corrected chi connectivity index (χ3v) is 3.78. The predicted molar refractivity (Wildman–Crippen MR) is 63.9 cm³/mol. The summed E-state index contributed by atoms with van der Waals surface area (Å²) in [7, 11) is 0. The van der Waals surface area contributed by atoms with E-state index in [0.29, 0.717) is 0 Å². The highest BCUT2D eigenvalue weighted by molar-refractivity contribution is 9.10. The summed E-state index contributed by atoms with van der Waals surface area (Å²) in [6.07, 6.45) is 4.65. The Hall–Kier alpha value is -0.290. The highest BCUT2D eigenvalue weighted by Gasteiger charge is 2.13. The van der Waals surface area contributed by atoms with Gasteiger partial charge in [-0.25, -0.2) is 9.97 Å². The van der Waals surface area contributed by atoms with Gasteiger partial charge in [0.1, 0.15) is 12.1 Å². The van der Waals surface area contributed by atoms with Gasteiger partial charge in [-0.15, -0.1) is 0 Å². The minimum Gasteiger partial charge on any atom is -0.355 e. The molecule has 0 aliphatic carbocycles. The average molecular weight is 274 g/mol. The molecule has 1 aliphatic rings. The molecule has 0 bridgehead atoms. The standard InChI is InChI=1S/C9H12BrN3S/c10-8-6-11-7-12-9(8)13-2-1-4-14-5-3-13/h6-7H,1-5H2. The molecule has 0 amide bonds. The molecule has 0 saturated carbocycles. The smallest absolute Gasteiger partial charge is 0.146 e. The molecule has 1 fully saturated rings. The zero-order valence-electron chi connectivity index (χ0n) is 7.82. The van der Waals surface area contributed by atoms with Gasteiger partial charge in [0.05, 0.1) is 4.47 Å². The Balaban J connectivity index is 2.16. The number of anilines is 1. The summed E-state index contributed by atoms with van der Waals surface area (Å²) in [5.41, 5.74) is 0. The van der Waals surface area contributed by atoms with Gasteiger partial charge in [-0.05, 0) is 28.1 Å². The Morgan fingerprint density at radius 2 is 2.29 bits per heavy atom. The molecule has 0 N–H and O–H groups in total. The van der Waals surface area contributed by atoms with Crippen LogP contribution in [0, 0.1) is 0 Å². The van der Waals surface area contributed by atoms with Crippen molar-refractivity contribution in [1.29, 1.82) is 0 Å².